The highest BCUT2D eigenvalue weighted by Gasteiger charge is 2.13. The number of rotatable bonds is 3. The summed E-state index contributed by atoms with van der Waals surface area (Å²) < 4.78 is 0. The molecule has 1 aliphatic rings. The monoisotopic (exact) mass is 226 g/mol. The SMILES string of the molecule is ONc1ccc(CN2CCCC2)c(Cl)c1. The minimum atomic E-state index is 0.630. The maximum absolute atomic E-state index is 8.72. The number of nitrogens with zero attached hydrogens (tertiary/aromatic N) is 1. The molecule has 1 aromatic carbocycles. The highest BCUT2D eigenvalue weighted by molar-refractivity contribution is 6.31. The van der Waals surface area contributed by atoms with Gasteiger partial charge in [-0.05, 0) is 43.6 Å². The van der Waals surface area contributed by atoms with Gasteiger partial charge in [0.2, 0.25) is 0 Å². The highest BCUT2D eigenvalue weighted by Crippen LogP contribution is 2.23. The van der Waals surface area contributed by atoms with Crippen LogP contribution in [-0.4, -0.2) is 23.2 Å². The molecule has 1 fully saturated rings. The number of nitrogens with one attached hydrogen (secondary N) is 1. The Bertz CT molecular complexity index is 337. The van der Waals surface area contributed by atoms with Gasteiger partial charge in [-0.3, -0.25) is 15.6 Å². The largest absolute Gasteiger partial charge is 0.299 e. The van der Waals surface area contributed by atoms with Gasteiger partial charge in [0.15, 0.2) is 0 Å². The number of hydrogen-bond acceptors (Lipinski definition) is 3. The molecule has 3 nitrogen and oxygen atoms in total. The van der Waals surface area contributed by atoms with Crippen LogP contribution in [0.3, 0.4) is 0 Å². The van der Waals surface area contributed by atoms with Crippen LogP contribution in [0, 0.1) is 0 Å². The average molecular weight is 227 g/mol. The van der Waals surface area contributed by atoms with Gasteiger partial charge in [-0.25, -0.2) is 0 Å². The molecule has 0 aliphatic carbocycles. The van der Waals surface area contributed by atoms with Crippen LogP contribution >= 0.6 is 11.6 Å². The molecule has 15 heavy (non-hydrogen) atoms. The summed E-state index contributed by atoms with van der Waals surface area (Å²) in [6.45, 7) is 3.23. The molecule has 0 saturated carbocycles. The molecule has 1 aliphatic heterocycles. The maximum Gasteiger partial charge on any atom is 0.0617 e. The molecule has 0 unspecified atom stereocenters. The van der Waals surface area contributed by atoms with Gasteiger partial charge in [-0.1, -0.05) is 17.7 Å². The van der Waals surface area contributed by atoms with E-state index in [9.17, 15) is 0 Å². The van der Waals surface area contributed by atoms with Crippen molar-refractivity contribution in [1.82, 2.24) is 4.90 Å². The number of benzene rings is 1. The third-order valence-corrected chi connectivity index (χ3v) is 3.13. The lowest BCUT2D eigenvalue weighted by molar-refractivity contribution is 0.331. The lowest BCUT2D eigenvalue weighted by Crippen LogP contribution is -2.18. The van der Waals surface area contributed by atoms with E-state index < -0.39 is 0 Å². The standard InChI is InChI=1S/C11H15ClN2O/c12-11-7-10(13-15)4-3-9(11)8-14-5-1-2-6-14/h3-4,7,13,15H,1-2,5-6,8H2. The maximum atomic E-state index is 8.72. The summed E-state index contributed by atoms with van der Waals surface area (Å²) in [4.78, 5) is 2.40. The second kappa shape index (κ2) is 4.84. The molecule has 2 rings (SSSR count). The molecule has 0 amide bonds. The minimum Gasteiger partial charge on any atom is -0.299 e. The van der Waals surface area contributed by atoms with Crippen LogP contribution in [0.5, 0.6) is 0 Å². The Morgan fingerprint density at radius 2 is 2.07 bits per heavy atom. The third kappa shape index (κ3) is 2.62. The van der Waals surface area contributed by atoms with Crippen LogP contribution in [0.15, 0.2) is 18.2 Å². The van der Waals surface area contributed by atoms with E-state index >= 15 is 0 Å². The van der Waals surface area contributed by atoms with Crippen LogP contribution in [0.25, 0.3) is 0 Å². The smallest absolute Gasteiger partial charge is 0.0617 e. The van der Waals surface area contributed by atoms with Crippen molar-refractivity contribution in [2.24, 2.45) is 0 Å². The fraction of sp³-hybridized carbons (Fsp3) is 0.455. The van der Waals surface area contributed by atoms with Gasteiger partial charge in [-0.2, -0.15) is 0 Å². The number of hydrogen-bond donors (Lipinski definition) is 2. The second-order valence-electron chi connectivity index (χ2n) is 3.90. The van der Waals surface area contributed by atoms with Crippen molar-refractivity contribution in [1.29, 1.82) is 0 Å². The lowest BCUT2D eigenvalue weighted by atomic mass is 10.2. The van der Waals surface area contributed by atoms with Gasteiger partial charge in [0, 0.05) is 11.6 Å². The lowest BCUT2D eigenvalue weighted by Gasteiger charge is -2.15. The van der Waals surface area contributed by atoms with Gasteiger partial charge in [0.1, 0.15) is 0 Å². The summed E-state index contributed by atoms with van der Waals surface area (Å²) in [6.07, 6.45) is 2.57. The minimum absolute atomic E-state index is 0.630. The van der Waals surface area contributed by atoms with E-state index in [0.29, 0.717) is 10.7 Å². The molecule has 0 aromatic heterocycles. The molecule has 0 spiro atoms. The van der Waals surface area contributed by atoms with Crippen LogP contribution in [0.1, 0.15) is 18.4 Å². The van der Waals surface area contributed by atoms with Crippen LogP contribution in [0.2, 0.25) is 5.02 Å². The molecular weight excluding hydrogens is 212 g/mol. The first-order chi connectivity index (χ1) is 7.29. The third-order valence-electron chi connectivity index (χ3n) is 2.77. The van der Waals surface area contributed by atoms with Crippen molar-refractivity contribution in [2.75, 3.05) is 18.6 Å². The molecule has 1 aromatic rings. The zero-order valence-corrected chi connectivity index (χ0v) is 9.30. The summed E-state index contributed by atoms with van der Waals surface area (Å²) in [5, 5.41) is 9.43. The molecule has 0 radical (unpaired) electrons. The van der Waals surface area contributed by atoms with E-state index in [2.05, 4.69) is 10.4 Å². The van der Waals surface area contributed by atoms with E-state index in [4.69, 9.17) is 16.8 Å². The average Bonchev–Trinajstić information content (AvgIpc) is 2.74. The fourth-order valence-corrected chi connectivity index (χ4v) is 2.17. The molecule has 1 heterocycles. The molecule has 2 N–H and O–H groups in total. The van der Waals surface area contributed by atoms with Crippen molar-refractivity contribution in [3.63, 3.8) is 0 Å². The zero-order chi connectivity index (χ0) is 10.7. The van der Waals surface area contributed by atoms with Crippen molar-refractivity contribution >= 4 is 17.3 Å². The van der Waals surface area contributed by atoms with E-state index in [-0.39, 0.29) is 0 Å². The Hall–Kier alpha value is -0.770. The Morgan fingerprint density at radius 1 is 1.33 bits per heavy atom. The van der Waals surface area contributed by atoms with Crippen molar-refractivity contribution in [3.05, 3.63) is 28.8 Å². The summed E-state index contributed by atoms with van der Waals surface area (Å²) in [5.74, 6) is 0. The summed E-state index contributed by atoms with van der Waals surface area (Å²) in [7, 11) is 0. The van der Waals surface area contributed by atoms with E-state index in [1.807, 2.05) is 12.1 Å². The Morgan fingerprint density at radius 3 is 2.67 bits per heavy atom. The van der Waals surface area contributed by atoms with Gasteiger partial charge in [0.25, 0.3) is 0 Å². The van der Waals surface area contributed by atoms with Gasteiger partial charge < -0.3 is 0 Å². The van der Waals surface area contributed by atoms with Gasteiger partial charge in [-0.15, -0.1) is 0 Å². The van der Waals surface area contributed by atoms with Crippen molar-refractivity contribution in [2.45, 2.75) is 19.4 Å². The van der Waals surface area contributed by atoms with Gasteiger partial charge >= 0.3 is 0 Å². The predicted molar refractivity (Wildman–Crippen MR) is 61.4 cm³/mol. The predicted octanol–water partition coefficient (Wildman–Crippen LogP) is 2.74. The van der Waals surface area contributed by atoms with E-state index in [1.165, 1.54) is 12.8 Å². The topological polar surface area (TPSA) is 35.5 Å². The first-order valence-corrected chi connectivity index (χ1v) is 5.58. The quantitative estimate of drug-likeness (QED) is 0.778. The first-order valence-electron chi connectivity index (χ1n) is 5.20. The first kappa shape index (κ1) is 10.7. The Kier molecular flexibility index (Phi) is 3.46. The van der Waals surface area contributed by atoms with E-state index in [0.717, 1.165) is 25.2 Å². The van der Waals surface area contributed by atoms with E-state index in [1.54, 1.807) is 6.07 Å². The Balaban J connectivity index is 2.07. The molecular formula is C11H15ClN2O. The second-order valence-corrected chi connectivity index (χ2v) is 4.31. The molecule has 4 heteroatoms. The van der Waals surface area contributed by atoms with Crippen LogP contribution < -0.4 is 5.48 Å². The van der Waals surface area contributed by atoms with Crippen LogP contribution in [-0.2, 0) is 6.54 Å². The fourth-order valence-electron chi connectivity index (χ4n) is 1.93. The Labute approximate surface area is 94.6 Å². The van der Waals surface area contributed by atoms with Gasteiger partial charge in [0.05, 0.1) is 5.69 Å². The molecule has 82 valence electrons. The number of halogens is 1. The molecule has 0 bridgehead atoms. The molecule has 1 saturated heterocycles. The van der Waals surface area contributed by atoms with Crippen molar-refractivity contribution < 1.29 is 5.21 Å². The number of likely N-dealkylation sites (tertiary alicyclic amines) is 1. The normalized spacial score (nSPS) is 16.9. The number of anilines is 1. The van der Waals surface area contributed by atoms with Crippen molar-refractivity contribution in [3.8, 4) is 0 Å². The highest BCUT2D eigenvalue weighted by atomic mass is 35.5. The van der Waals surface area contributed by atoms with Crippen LogP contribution in [0.4, 0.5) is 5.69 Å². The summed E-state index contributed by atoms with van der Waals surface area (Å²) in [5.41, 5.74) is 3.84. The summed E-state index contributed by atoms with van der Waals surface area (Å²) >= 11 is 6.11. The zero-order valence-electron chi connectivity index (χ0n) is 8.54. The summed E-state index contributed by atoms with van der Waals surface area (Å²) in [6, 6.07) is 5.53. The molecule has 0 atom stereocenters.